The van der Waals surface area contributed by atoms with Crippen LogP contribution in [-0.2, 0) is 0 Å². The van der Waals surface area contributed by atoms with E-state index in [9.17, 15) is 0 Å². The Labute approximate surface area is 87.4 Å². The highest BCUT2D eigenvalue weighted by Crippen LogP contribution is 2.18. The lowest BCUT2D eigenvalue weighted by molar-refractivity contribution is 1.24. The summed E-state index contributed by atoms with van der Waals surface area (Å²) in [5.74, 6) is 1.04. The monoisotopic (exact) mass is 216 g/mol. The number of anilines is 1. The van der Waals surface area contributed by atoms with Gasteiger partial charge in [-0.15, -0.1) is 11.6 Å². The first-order chi connectivity index (χ1) is 6.24. The lowest BCUT2D eigenvalue weighted by Crippen LogP contribution is -1.89. The summed E-state index contributed by atoms with van der Waals surface area (Å²) in [6, 6.07) is 1.63. The standard InChI is InChI=1S/C9H10Cl2N2/c10-4-2-1-3-7-6-13-9(12)5-8(7)11/h1,3,5-6H,2,4H2,(H2,12,13). The van der Waals surface area contributed by atoms with E-state index >= 15 is 0 Å². The third kappa shape index (κ3) is 3.25. The number of nitrogen functional groups attached to an aromatic ring is 1. The van der Waals surface area contributed by atoms with Crippen molar-refractivity contribution in [1.29, 1.82) is 0 Å². The second-order valence-electron chi connectivity index (χ2n) is 2.51. The number of nitrogens with two attached hydrogens (primary N) is 1. The Morgan fingerprint density at radius 2 is 2.31 bits per heavy atom. The average Bonchev–Trinajstić information content (AvgIpc) is 2.09. The van der Waals surface area contributed by atoms with Gasteiger partial charge in [0.05, 0.1) is 5.02 Å². The number of hydrogen-bond donors (Lipinski definition) is 1. The van der Waals surface area contributed by atoms with Gasteiger partial charge in [0, 0.05) is 17.6 Å². The van der Waals surface area contributed by atoms with Gasteiger partial charge in [0.1, 0.15) is 5.82 Å². The van der Waals surface area contributed by atoms with E-state index in [0.29, 0.717) is 16.7 Å². The quantitative estimate of drug-likeness (QED) is 0.790. The van der Waals surface area contributed by atoms with Crippen LogP contribution in [0.5, 0.6) is 0 Å². The van der Waals surface area contributed by atoms with Crippen LogP contribution in [0.3, 0.4) is 0 Å². The van der Waals surface area contributed by atoms with Gasteiger partial charge in [-0.1, -0.05) is 23.8 Å². The maximum absolute atomic E-state index is 5.90. The lowest BCUT2D eigenvalue weighted by Gasteiger charge is -1.98. The number of nitrogens with zero attached hydrogens (tertiary/aromatic N) is 1. The summed E-state index contributed by atoms with van der Waals surface area (Å²) in [6.45, 7) is 0. The summed E-state index contributed by atoms with van der Waals surface area (Å²) < 4.78 is 0. The molecule has 0 spiro atoms. The zero-order valence-corrected chi connectivity index (χ0v) is 8.52. The lowest BCUT2D eigenvalue weighted by atomic mass is 10.2. The average molecular weight is 217 g/mol. The normalized spacial score (nSPS) is 10.9. The highest BCUT2D eigenvalue weighted by molar-refractivity contribution is 6.32. The van der Waals surface area contributed by atoms with Crippen molar-refractivity contribution in [1.82, 2.24) is 4.98 Å². The van der Waals surface area contributed by atoms with Gasteiger partial charge < -0.3 is 5.73 Å². The van der Waals surface area contributed by atoms with E-state index in [-0.39, 0.29) is 0 Å². The number of rotatable bonds is 3. The van der Waals surface area contributed by atoms with Gasteiger partial charge in [-0.25, -0.2) is 4.98 Å². The molecule has 0 amide bonds. The first-order valence-corrected chi connectivity index (χ1v) is 4.79. The molecule has 70 valence electrons. The molecule has 0 aliphatic carbocycles. The van der Waals surface area contributed by atoms with Gasteiger partial charge in [-0.2, -0.15) is 0 Å². The minimum Gasteiger partial charge on any atom is -0.384 e. The smallest absolute Gasteiger partial charge is 0.124 e. The maximum Gasteiger partial charge on any atom is 0.124 e. The summed E-state index contributed by atoms with van der Waals surface area (Å²) in [5, 5.41) is 0.610. The van der Waals surface area contributed by atoms with E-state index < -0.39 is 0 Å². The predicted molar refractivity (Wildman–Crippen MR) is 58.0 cm³/mol. The fourth-order valence-corrected chi connectivity index (χ4v) is 1.20. The van der Waals surface area contributed by atoms with Crippen LogP contribution in [-0.4, -0.2) is 10.9 Å². The second-order valence-corrected chi connectivity index (χ2v) is 3.30. The number of halogens is 2. The molecule has 0 aliphatic heterocycles. The minimum absolute atomic E-state index is 0.430. The number of allylic oxidation sites excluding steroid dienone is 1. The van der Waals surface area contributed by atoms with Crippen LogP contribution >= 0.6 is 23.2 Å². The van der Waals surface area contributed by atoms with Crippen molar-refractivity contribution in [2.45, 2.75) is 6.42 Å². The Hall–Kier alpha value is -0.730. The number of aromatic nitrogens is 1. The molecule has 0 bridgehead atoms. The van der Waals surface area contributed by atoms with E-state index in [1.54, 1.807) is 12.3 Å². The van der Waals surface area contributed by atoms with Crippen LogP contribution in [0.25, 0.3) is 6.08 Å². The van der Waals surface area contributed by atoms with Crippen LogP contribution in [0, 0.1) is 0 Å². The molecule has 0 unspecified atom stereocenters. The number of hydrogen-bond acceptors (Lipinski definition) is 2. The summed E-state index contributed by atoms with van der Waals surface area (Å²) in [4.78, 5) is 3.93. The van der Waals surface area contributed by atoms with Gasteiger partial charge >= 0.3 is 0 Å². The molecular formula is C9H10Cl2N2. The van der Waals surface area contributed by atoms with E-state index in [0.717, 1.165) is 12.0 Å². The largest absolute Gasteiger partial charge is 0.384 e. The zero-order valence-electron chi connectivity index (χ0n) is 7.00. The van der Waals surface area contributed by atoms with Crippen molar-refractivity contribution in [3.05, 3.63) is 28.9 Å². The predicted octanol–water partition coefficient (Wildman–Crippen LogP) is 2.96. The van der Waals surface area contributed by atoms with E-state index in [4.69, 9.17) is 28.9 Å². The third-order valence-corrected chi connectivity index (χ3v) is 2.02. The Morgan fingerprint density at radius 1 is 1.54 bits per heavy atom. The summed E-state index contributed by atoms with van der Waals surface area (Å²) in [7, 11) is 0. The van der Waals surface area contributed by atoms with Crippen molar-refractivity contribution in [3.8, 4) is 0 Å². The van der Waals surface area contributed by atoms with Gasteiger partial charge in [0.15, 0.2) is 0 Å². The van der Waals surface area contributed by atoms with Crippen LogP contribution in [0.4, 0.5) is 5.82 Å². The molecule has 1 rings (SSSR count). The molecule has 1 heterocycles. The van der Waals surface area contributed by atoms with Crippen molar-refractivity contribution in [3.63, 3.8) is 0 Å². The van der Waals surface area contributed by atoms with E-state index in [1.807, 2.05) is 12.2 Å². The van der Waals surface area contributed by atoms with E-state index in [1.165, 1.54) is 0 Å². The second kappa shape index (κ2) is 5.10. The number of pyridine rings is 1. The Balaban J connectivity index is 2.77. The van der Waals surface area contributed by atoms with Crippen LogP contribution in [0.15, 0.2) is 18.3 Å². The SMILES string of the molecule is Nc1cc(Cl)c(C=CCCCl)cn1. The highest BCUT2D eigenvalue weighted by Gasteiger charge is 1.96. The molecule has 2 nitrogen and oxygen atoms in total. The zero-order chi connectivity index (χ0) is 9.68. The summed E-state index contributed by atoms with van der Waals surface area (Å²) >= 11 is 11.4. The van der Waals surface area contributed by atoms with Crippen LogP contribution < -0.4 is 5.73 Å². The molecule has 1 aromatic heterocycles. The van der Waals surface area contributed by atoms with Crippen molar-refractivity contribution >= 4 is 35.1 Å². The molecule has 0 atom stereocenters. The molecule has 1 aromatic rings. The molecule has 4 heteroatoms. The third-order valence-electron chi connectivity index (χ3n) is 1.48. The van der Waals surface area contributed by atoms with Crippen LogP contribution in [0.2, 0.25) is 5.02 Å². The molecular weight excluding hydrogens is 207 g/mol. The molecule has 0 aliphatic rings. The van der Waals surface area contributed by atoms with Gasteiger partial charge in [0.2, 0.25) is 0 Å². The minimum atomic E-state index is 0.430. The molecule has 2 N–H and O–H groups in total. The first kappa shape index (κ1) is 10.4. The molecule has 0 saturated heterocycles. The number of alkyl halides is 1. The molecule has 0 fully saturated rings. The first-order valence-electron chi connectivity index (χ1n) is 3.87. The Kier molecular flexibility index (Phi) is 4.06. The topological polar surface area (TPSA) is 38.9 Å². The van der Waals surface area contributed by atoms with Crippen molar-refractivity contribution in [2.24, 2.45) is 0 Å². The highest BCUT2D eigenvalue weighted by atomic mass is 35.5. The van der Waals surface area contributed by atoms with E-state index in [2.05, 4.69) is 4.98 Å². The molecule has 0 saturated carbocycles. The fourth-order valence-electron chi connectivity index (χ4n) is 0.852. The summed E-state index contributed by atoms with van der Waals surface area (Å²) in [6.07, 6.45) is 6.30. The van der Waals surface area contributed by atoms with Gasteiger partial charge in [0.25, 0.3) is 0 Å². The van der Waals surface area contributed by atoms with Crippen molar-refractivity contribution < 1.29 is 0 Å². The summed E-state index contributed by atoms with van der Waals surface area (Å²) in [5.41, 5.74) is 6.30. The van der Waals surface area contributed by atoms with Crippen molar-refractivity contribution in [2.75, 3.05) is 11.6 Å². The molecule has 13 heavy (non-hydrogen) atoms. The molecule has 0 radical (unpaired) electrons. The fraction of sp³-hybridized carbons (Fsp3) is 0.222. The Bertz CT molecular complexity index is 310. The van der Waals surface area contributed by atoms with Gasteiger partial charge in [-0.05, 0) is 12.5 Å². The molecule has 0 aromatic carbocycles. The van der Waals surface area contributed by atoms with Crippen LogP contribution in [0.1, 0.15) is 12.0 Å². The van der Waals surface area contributed by atoms with Gasteiger partial charge in [-0.3, -0.25) is 0 Å². The Morgan fingerprint density at radius 3 is 2.92 bits per heavy atom. The maximum atomic E-state index is 5.90.